The van der Waals surface area contributed by atoms with Crippen molar-refractivity contribution in [1.29, 1.82) is 0 Å². The summed E-state index contributed by atoms with van der Waals surface area (Å²) in [5.41, 5.74) is 0.290. The van der Waals surface area contributed by atoms with Gasteiger partial charge in [0.05, 0.1) is 17.8 Å². The molecule has 2 nitrogen and oxygen atoms in total. The SMILES string of the molecule is C[C@@H]1CN(c2ccc(CBr)c(C(F)(F)F)c2)C[C@H](C)O1. The minimum absolute atomic E-state index is 0.0175. The third-order valence-corrected chi connectivity index (χ3v) is 3.93. The minimum Gasteiger partial charge on any atom is -0.372 e. The molecule has 6 heteroatoms. The molecule has 1 aromatic carbocycles. The van der Waals surface area contributed by atoms with Crippen LogP contribution in [0.4, 0.5) is 18.9 Å². The van der Waals surface area contributed by atoms with Crippen LogP contribution in [0.3, 0.4) is 0 Å². The summed E-state index contributed by atoms with van der Waals surface area (Å²) >= 11 is 3.11. The average molecular weight is 352 g/mol. The molecule has 112 valence electrons. The Balaban J connectivity index is 2.33. The Morgan fingerprint density at radius 3 is 2.35 bits per heavy atom. The van der Waals surface area contributed by atoms with Gasteiger partial charge in [-0.05, 0) is 31.5 Å². The lowest BCUT2D eigenvalue weighted by atomic mass is 10.1. The van der Waals surface area contributed by atoms with Gasteiger partial charge in [-0.2, -0.15) is 13.2 Å². The number of rotatable bonds is 2. The molecule has 1 aliphatic rings. The quantitative estimate of drug-likeness (QED) is 0.740. The first-order chi connectivity index (χ1) is 9.31. The number of ether oxygens (including phenoxy) is 1. The van der Waals surface area contributed by atoms with Gasteiger partial charge in [-0.25, -0.2) is 0 Å². The lowest BCUT2D eigenvalue weighted by Gasteiger charge is -2.37. The lowest BCUT2D eigenvalue weighted by Crippen LogP contribution is -2.45. The van der Waals surface area contributed by atoms with Gasteiger partial charge in [0, 0.05) is 24.1 Å². The van der Waals surface area contributed by atoms with Crippen molar-refractivity contribution >= 4 is 21.6 Å². The van der Waals surface area contributed by atoms with Gasteiger partial charge in [-0.1, -0.05) is 22.0 Å². The van der Waals surface area contributed by atoms with Gasteiger partial charge in [0.2, 0.25) is 0 Å². The maximum Gasteiger partial charge on any atom is 0.416 e. The summed E-state index contributed by atoms with van der Waals surface area (Å²) in [5, 5.41) is 0.192. The lowest BCUT2D eigenvalue weighted by molar-refractivity contribution is -0.138. The standard InChI is InChI=1S/C14H17BrF3NO/c1-9-7-19(8-10(2)20-9)12-4-3-11(6-15)13(5-12)14(16,17)18/h3-5,9-10H,6-8H2,1-2H3/t9-,10+. The second kappa shape index (κ2) is 5.93. The first kappa shape index (κ1) is 15.6. The zero-order valence-corrected chi connectivity index (χ0v) is 13.0. The average Bonchev–Trinajstić information content (AvgIpc) is 2.35. The largest absolute Gasteiger partial charge is 0.416 e. The van der Waals surface area contributed by atoms with Crippen molar-refractivity contribution in [2.24, 2.45) is 0 Å². The molecule has 2 rings (SSSR count). The monoisotopic (exact) mass is 351 g/mol. The van der Waals surface area contributed by atoms with Crippen LogP contribution in [0.1, 0.15) is 25.0 Å². The third kappa shape index (κ3) is 3.47. The summed E-state index contributed by atoms with van der Waals surface area (Å²) in [6.07, 6.45) is -4.30. The van der Waals surface area contributed by atoms with Crippen LogP contribution in [0.15, 0.2) is 18.2 Å². The maximum atomic E-state index is 13.1. The molecule has 0 saturated carbocycles. The van der Waals surface area contributed by atoms with E-state index in [1.54, 1.807) is 6.07 Å². The van der Waals surface area contributed by atoms with E-state index in [9.17, 15) is 13.2 Å². The molecule has 1 fully saturated rings. The predicted octanol–water partition coefficient (Wildman–Crippen LogP) is 4.21. The van der Waals surface area contributed by atoms with Crippen LogP contribution in [0.25, 0.3) is 0 Å². The number of morpholine rings is 1. The molecule has 0 radical (unpaired) electrons. The molecule has 1 aromatic rings. The Hall–Kier alpha value is -0.750. The Kier molecular flexibility index (Phi) is 4.64. The number of halogens is 4. The molecular weight excluding hydrogens is 335 g/mol. The fraction of sp³-hybridized carbons (Fsp3) is 0.571. The van der Waals surface area contributed by atoms with E-state index in [4.69, 9.17) is 4.74 Å². The number of hydrogen-bond donors (Lipinski definition) is 0. The van der Waals surface area contributed by atoms with Crippen LogP contribution in [0.5, 0.6) is 0 Å². The van der Waals surface area contributed by atoms with Crippen molar-refractivity contribution in [2.45, 2.75) is 37.6 Å². The van der Waals surface area contributed by atoms with Gasteiger partial charge in [0.1, 0.15) is 0 Å². The van der Waals surface area contributed by atoms with Gasteiger partial charge in [-0.3, -0.25) is 0 Å². The predicted molar refractivity (Wildman–Crippen MR) is 76.3 cm³/mol. The van der Waals surface area contributed by atoms with Gasteiger partial charge in [-0.15, -0.1) is 0 Å². The second-order valence-electron chi connectivity index (χ2n) is 5.14. The number of benzene rings is 1. The molecule has 0 aliphatic carbocycles. The smallest absolute Gasteiger partial charge is 0.372 e. The zero-order chi connectivity index (χ0) is 14.9. The Morgan fingerprint density at radius 1 is 1.25 bits per heavy atom. The van der Waals surface area contributed by atoms with E-state index in [2.05, 4.69) is 15.9 Å². The summed E-state index contributed by atoms with van der Waals surface area (Å²) < 4.78 is 44.8. The van der Waals surface area contributed by atoms with Gasteiger partial charge in [0.25, 0.3) is 0 Å². The van der Waals surface area contributed by atoms with Crippen LogP contribution in [-0.2, 0) is 16.2 Å². The van der Waals surface area contributed by atoms with E-state index >= 15 is 0 Å². The van der Waals surface area contributed by atoms with E-state index in [1.165, 1.54) is 12.1 Å². The van der Waals surface area contributed by atoms with Gasteiger partial charge < -0.3 is 9.64 Å². The van der Waals surface area contributed by atoms with Crippen molar-refractivity contribution in [1.82, 2.24) is 0 Å². The molecule has 0 spiro atoms. The molecular formula is C14H17BrF3NO. The van der Waals surface area contributed by atoms with Crippen molar-refractivity contribution in [3.05, 3.63) is 29.3 Å². The Labute approximate surface area is 125 Å². The highest BCUT2D eigenvalue weighted by atomic mass is 79.9. The van der Waals surface area contributed by atoms with Crippen LogP contribution < -0.4 is 4.90 Å². The van der Waals surface area contributed by atoms with Gasteiger partial charge in [0.15, 0.2) is 0 Å². The van der Waals surface area contributed by atoms with Crippen LogP contribution >= 0.6 is 15.9 Å². The summed E-state index contributed by atoms with van der Waals surface area (Å²) in [6.45, 7) is 5.07. The van der Waals surface area contributed by atoms with Crippen LogP contribution in [0.2, 0.25) is 0 Å². The number of hydrogen-bond acceptors (Lipinski definition) is 2. The second-order valence-corrected chi connectivity index (χ2v) is 5.70. The number of alkyl halides is 4. The van der Waals surface area contributed by atoms with E-state index < -0.39 is 11.7 Å². The summed E-state index contributed by atoms with van der Waals surface area (Å²) in [6, 6.07) is 4.52. The highest BCUT2D eigenvalue weighted by Crippen LogP contribution is 2.36. The van der Waals surface area contributed by atoms with Crippen molar-refractivity contribution in [2.75, 3.05) is 18.0 Å². The molecule has 0 aromatic heterocycles. The molecule has 0 bridgehead atoms. The zero-order valence-electron chi connectivity index (χ0n) is 11.4. The third-order valence-electron chi connectivity index (χ3n) is 3.33. The van der Waals surface area contributed by atoms with E-state index in [1.807, 2.05) is 18.7 Å². The maximum absolute atomic E-state index is 13.1. The molecule has 1 heterocycles. The molecule has 0 N–H and O–H groups in total. The highest BCUT2D eigenvalue weighted by Gasteiger charge is 2.34. The van der Waals surface area contributed by atoms with E-state index in [-0.39, 0.29) is 23.1 Å². The molecule has 2 atom stereocenters. The summed E-state index contributed by atoms with van der Waals surface area (Å²) in [5.74, 6) is 0. The first-order valence-electron chi connectivity index (χ1n) is 6.47. The van der Waals surface area contributed by atoms with E-state index in [0.29, 0.717) is 18.8 Å². The van der Waals surface area contributed by atoms with E-state index in [0.717, 1.165) is 0 Å². The number of anilines is 1. The van der Waals surface area contributed by atoms with Crippen molar-refractivity contribution in [3.63, 3.8) is 0 Å². The summed E-state index contributed by atoms with van der Waals surface area (Å²) in [4.78, 5) is 1.95. The highest BCUT2D eigenvalue weighted by molar-refractivity contribution is 9.08. The fourth-order valence-corrected chi connectivity index (χ4v) is 3.02. The molecule has 20 heavy (non-hydrogen) atoms. The Morgan fingerprint density at radius 2 is 1.85 bits per heavy atom. The Bertz CT molecular complexity index is 468. The molecule has 1 aliphatic heterocycles. The first-order valence-corrected chi connectivity index (χ1v) is 7.60. The normalized spacial score (nSPS) is 24.0. The molecule has 0 unspecified atom stereocenters. The molecule has 0 amide bonds. The molecule has 1 saturated heterocycles. The fourth-order valence-electron chi connectivity index (χ4n) is 2.53. The van der Waals surface area contributed by atoms with Gasteiger partial charge >= 0.3 is 6.18 Å². The topological polar surface area (TPSA) is 12.5 Å². The summed E-state index contributed by atoms with van der Waals surface area (Å²) in [7, 11) is 0. The van der Waals surface area contributed by atoms with Crippen molar-refractivity contribution in [3.8, 4) is 0 Å². The number of nitrogens with zero attached hydrogens (tertiary/aromatic N) is 1. The van der Waals surface area contributed by atoms with Crippen LogP contribution in [-0.4, -0.2) is 25.3 Å². The van der Waals surface area contributed by atoms with Crippen LogP contribution in [0, 0.1) is 0 Å². The van der Waals surface area contributed by atoms with Crippen molar-refractivity contribution < 1.29 is 17.9 Å². The minimum atomic E-state index is -4.33.